The highest BCUT2D eigenvalue weighted by Gasteiger charge is 2.34. The number of ether oxygens (including phenoxy) is 1. The van der Waals surface area contributed by atoms with Gasteiger partial charge in [0.1, 0.15) is 11.5 Å². The molecule has 1 fully saturated rings. The van der Waals surface area contributed by atoms with Crippen molar-refractivity contribution in [1.29, 1.82) is 0 Å². The van der Waals surface area contributed by atoms with Gasteiger partial charge in [-0.1, -0.05) is 15.9 Å². The second kappa shape index (κ2) is 7.72. The molecule has 2 unspecified atom stereocenters. The molecule has 2 rings (SSSR count). The van der Waals surface area contributed by atoms with Gasteiger partial charge in [-0.05, 0) is 49.4 Å². The quantitative estimate of drug-likeness (QED) is 0.566. The van der Waals surface area contributed by atoms with Crippen LogP contribution in [0.5, 0.6) is 5.75 Å². The molecule has 0 saturated heterocycles. The Balaban J connectivity index is 2.07. The van der Waals surface area contributed by atoms with Gasteiger partial charge in [-0.25, -0.2) is 0 Å². The van der Waals surface area contributed by atoms with Crippen molar-refractivity contribution in [1.82, 2.24) is 0 Å². The fraction of sp³-hybridized carbons (Fsp3) is 0.562. The lowest BCUT2D eigenvalue weighted by molar-refractivity contribution is -0.490. The van der Waals surface area contributed by atoms with Crippen molar-refractivity contribution in [3.63, 3.8) is 0 Å². The predicted octanol–water partition coefficient (Wildman–Crippen LogP) is 3.65. The molecule has 0 aromatic heterocycles. The Morgan fingerprint density at radius 3 is 2.91 bits per heavy atom. The molecule has 0 heterocycles. The van der Waals surface area contributed by atoms with E-state index < -0.39 is 0 Å². The lowest BCUT2D eigenvalue weighted by atomic mass is 9.75. The average Bonchev–Trinajstić information content (AvgIpc) is 2.47. The number of hydrogen-bond acceptors (Lipinski definition) is 4. The fourth-order valence-corrected chi connectivity index (χ4v) is 3.62. The number of nitro groups is 1. The third kappa shape index (κ3) is 4.29. The normalized spacial score (nSPS) is 21.6. The first-order valence-corrected chi connectivity index (χ1v) is 8.27. The number of carbonyl (C=O) groups excluding carboxylic acids is 1. The van der Waals surface area contributed by atoms with Crippen molar-refractivity contribution in [2.45, 2.75) is 32.1 Å². The lowest BCUT2D eigenvalue weighted by Gasteiger charge is -2.27. The predicted molar refractivity (Wildman–Crippen MR) is 86.7 cm³/mol. The van der Waals surface area contributed by atoms with Crippen LogP contribution in [0.3, 0.4) is 0 Å². The van der Waals surface area contributed by atoms with E-state index in [9.17, 15) is 14.9 Å². The van der Waals surface area contributed by atoms with Gasteiger partial charge in [0.05, 0.1) is 7.11 Å². The van der Waals surface area contributed by atoms with Crippen LogP contribution in [-0.2, 0) is 11.2 Å². The molecule has 0 aliphatic heterocycles. The third-order valence-corrected chi connectivity index (χ3v) is 5.12. The highest BCUT2D eigenvalue weighted by molar-refractivity contribution is 9.10. The summed E-state index contributed by atoms with van der Waals surface area (Å²) in [5.74, 6) is 0.630. The van der Waals surface area contributed by atoms with Crippen LogP contribution < -0.4 is 4.74 Å². The maximum Gasteiger partial charge on any atom is 0.207 e. The molecular weight excluding hydrogens is 350 g/mol. The van der Waals surface area contributed by atoms with E-state index >= 15 is 0 Å². The largest absolute Gasteiger partial charge is 0.497 e. The van der Waals surface area contributed by atoms with Gasteiger partial charge < -0.3 is 4.74 Å². The molecule has 0 radical (unpaired) electrons. The number of carbonyl (C=O) groups is 1. The van der Waals surface area contributed by atoms with Gasteiger partial charge >= 0.3 is 0 Å². The van der Waals surface area contributed by atoms with Crippen molar-refractivity contribution in [2.75, 3.05) is 13.7 Å². The molecule has 1 aliphatic rings. The van der Waals surface area contributed by atoms with E-state index in [0.29, 0.717) is 19.3 Å². The van der Waals surface area contributed by atoms with E-state index in [-0.39, 0.29) is 29.1 Å². The number of methoxy groups -OCH3 is 1. The van der Waals surface area contributed by atoms with Crippen molar-refractivity contribution in [2.24, 2.45) is 11.8 Å². The highest BCUT2D eigenvalue weighted by atomic mass is 79.9. The van der Waals surface area contributed by atoms with E-state index in [1.54, 1.807) is 7.11 Å². The van der Waals surface area contributed by atoms with E-state index in [0.717, 1.165) is 28.6 Å². The molecule has 5 nitrogen and oxygen atoms in total. The van der Waals surface area contributed by atoms with Crippen LogP contribution in [0.2, 0.25) is 0 Å². The number of nitrogens with zero attached hydrogens (tertiary/aromatic N) is 1. The molecule has 1 aliphatic carbocycles. The first kappa shape index (κ1) is 16.9. The topological polar surface area (TPSA) is 69.4 Å². The van der Waals surface area contributed by atoms with Crippen LogP contribution >= 0.6 is 15.9 Å². The Morgan fingerprint density at radius 1 is 1.45 bits per heavy atom. The van der Waals surface area contributed by atoms with Gasteiger partial charge in [0.25, 0.3) is 0 Å². The van der Waals surface area contributed by atoms with E-state index in [1.165, 1.54) is 0 Å². The van der Waals surface area contributed by atoms with Crippen LogP contribution in [0.4, 0.5) is 0 Å². The van der Waals surface area contributed by atoms with Crippen molar-refractivity contribution < 1.29 is 14.5 Å². The third-order valence-electron chi connectivity index (χ3n) is 4.34. The second-order valence-electron chi connectivity index (χ2n) is 5.74. The zero-order valence-corrected chi connectivity index (χ0v) is 14.2. The average molecular weight is 370 g/mol. The molecule has 2 atom stereocenters. The minimum atomic E-state index is -0.294. The van der Waals surface area contributed by atoms with Gasteiger partial charge in [0.15, 0.2) is 0 Å². The summed E-state index contributed by atoms with van der Waals surface area (Å²) in [6, 6.07) is 5.74. The monoisotopic (exact) mass is 369 g/mol. The SMILES string of the molecule is COc1ccc(Br)c(CCC2C(=O)CCCC2C[N+](=O)[O-])c1. The molecule has 0 bridgehead atoms. The van der Waals surface area contributed by atoms with Crippen molar-refractivity contribution in [3.8, 4) is 5.75 Å². The van der Waals surface area contributed by atoms with Crippen LogP contribution in [0.1, 0.15) is 31.2 Å². The van der Waals surface area contributed by atoms with E-state index in [4.69, 9.17) is 4.74 Å². The van der Waals surface area contributed by atoms with E-state index in [1.807, 2.05) is 18.2 Å². The molecule has 1 aromatic carbocycles. The Morgan fingerprint density at radius 2 is 2.23 bits per heavy atom. The zero-order chi connectivity index (χ0) is 16.1. The number of aryl methyl sites for hydroxylation is 1. The summed E-state index contributed by atoms with van der Waals surface area (Å²) >= 11 is 3.51. The van der Waals surface area contributed by atoms with Gasteiger partial charge in [-0.3, -0.25) is 14.9 Å². The smallest absolute Gasteiger partial charge is 0.207 e. The maximum atomic E-state index is 12.2. The second-order valence-corrected chi connectivity index (χ2v) is 6.59. The molecule has 0 amide bonds. The Bertz CT molecular complexity index is 561. The van der Waals surface area contributed by atoms with Crippen molar-refractivity contribution >= 4 is 21.7 Å². The minimum absolute atomic E-state index is 0.102. The lowest BCUT2D eigenvalue weighted by Crippen LogP contribution is -2.33. The summed E-state index contributed by atoms with van der Waals surface area (Å²) in [5.41, 5.74) is 1.07. The number of hydrogen-bond donors (Lipinski definition) is 0. The van der Waals surface area contributed by atoms with Crippen molar-refractivity contribution in [3.05, 3.63) is 38.3 Å². The van der Waals surface area contributed by atoms with Gasteiger partial charge in [-0.2, -0.15) is 0 Å². The summed E-state index contributed by atoms with van der Waals surface area (Å²) in [4.78, 5) is 22.7. The minimum Gasteiger partial charge on any atom is -0.497 e. The first-order valence-electron chi connectivity index (χ1n) is 7.48. The maximum absolute atomic E-state index is 12.2. The molecule has 1 aromatic rings. The molecular formula is C16H20BrNO4. The summed E-state index contributed by atoms with van der Waals surface area (Å²) < 4.78 is 6.19. The number of rotatable bonds is 6. The summed E-state index contributed by atoms with van der Waals surface area (Å²) in [6.45, 7) is -0.102. The van der Waals surface area contributed by atoms with Gasteiger partial charge in [-0.15, -0.1) is 0 Å². The number of benzene rings is 1. The number of Topliss-reactive ketones (excluding diaryl/α,β-unsaturated/α-hetero) is 1. The number of ketones is 1. The summed E-state index contributed by atoms with van der Waals surface area (Å²) in [7, 11) is 1.62. The standard InChI is InChI=1S/C16H20BrNO4/c1-22-13-6-8-15(17)11(9-13)5-7-14-12(10-18(20)21)3-2-4-16(14)19/h6,8-9,12,14H,2-5,7,10H2,1H3. The van der Waals surface area contributed by atoms with Gasteiger partial charge in [0, 0.05) is 27.7 Å². The number of halogens is 1. The van der Waals surface area contributed by atoms with Crippen LogP contribution in [0.25, 0.3) is 0 Å². The Hall–Kier alpha value is -1.43. The first-order chi connectivity index (χ1) is 10.5. The zero-order valence-electron chi connectivity index (χ0n) is 12.6. The van der Waals surface area contributed by atoms with Crippen LogP contribution in [0, 0.1) is 22.0 Å². The van der Waals surface area contributed by atoms with Crippen LogP contribution in [-0.4, -0.2) is 24.4 Å². The summed E-state index contributed by atoms with van der Waals surface area (Å²) in [6.07, 6.45) is 3.47. The molecule has 0 N–H and O–H groups in total. The van der Waals surface area contributed by atoms with E-state index in [2.05, 4.69) is 15.9 Å². The molecule has 22 heavy (non-hydrogen) atoms. The van der Waals surface area contributed by atoms with Gasteiger partial charge in [0.2, 0.25) is 6.54 Å². The Labute approximate surface area is 138 Å². The fourth-order valence-electron chi connectivity index (χ4n) is 3.18. The molecule has 1 saturated carbocycles. The van der Waals surface area contributed by atoms with Crippen LogP contribution in [0.15, 0.2) is 22.7 Å². The highest BCUT2D eigenvalue weighted by Crippen LogP contribution is 2.32. The molecule has 120 valence electrons. The molecule has 6 heteroatoms. The molecule has 0 spiro atoms. The summed E-state index contributed by atoms with van der Waals surface area (Å²) in [5, 5.41) is 10.8. The Kier molecular flexibility index (Phi) is 5.94.